The van der Waals surface area contributed by atoms with E-state index in [2.05, 4.69) is 5.32 Å². The van der Waals surface area contributed by atoms with Crippen LogP contribution in [-0.2, 0) is 6.54 Å². The lowest BCUT2D eigenvalue weighted by Crippen LogP contribution is -2.25. The molecule has 0 unspecified atom stereocenters. The Kier molecular flexibility index (Phi) is 5.16. The van der Waals surface area contributed by atoms with Gasteiger partial charge in [-0.05, 0) is 35.9 Å². The molecule has 0 bridgehead atoms. The highest BCUT2D eigenvalue weighted by Gasteiger charge is 2.17. The third kappa shape index (κ3) is 3.89. The molecule has 0 atom stereocenters. The van der Waals surface area contributed by atoms with Crippen LogP contribution in [0.15, 0.2) is 42.5 Å². The molecule has 0 aliphatic rings. The van der Waals surface area contributed by atoms with Gasteiger partial charge in [0, 0.05) is 6.54 Å². The molecular weight excluding hydrogens is 314 g/mol. The van der Waals surface area contributed by atoms with Gasteiger partial charge in [-0.25, -0.2) is 9.59 Å². The number of ether oxygens (including phenoxy) is 1. The number of carboxylic acids is 2. The fraction of sp³-hybridized carbons (Fsp3) is 0.118. The molecule has 0 aromatic heterocycles. The number of hydrogen-bond acceptors (Lipinski definition) is 4. The monoisotopic (exact) mass is 329 g/mol. The van der Waals surface area contributed by atoms with Crippen molar-refractivity contribution in [3.8, 4) is 5.75 Å². The molecule has 0 heterocycles. The van der Waals surface area contributed by atoms with Crippen LogP contribution in [0.4, 0.5) is 0 Å². The summed E-state index contributed by atoms with van der Waals surface area (Å²) in [5.74, 6) is -2.44. The minimum Gasteiger partial charge on any atom is -0.497 e. The van der Waals surface area contributed by atoms with Crippen molar-refractivity contribution in [1.29, 1.82) is 0 Å². The fourth-order valence-electron chi connectivity index (χ4n) is 2.07. The molecule has 0 spiro atoms. The van der Waals surface area contributed by atoms with Crippen LogP contribution in [0.1, 0.15) is 36.6 Å². The molecule has 0 saturated heterocycles. The molecule has 0 fully saturated rings. The minimum atomic E-state index is -1.21. The Morgan fingerprint density at radius 2 is 1.62 bits per heavy atom. The summed E-state index contributed by atoms with van der Waals surface area (Å²) in [6.07, 6.45) is 0. The van der Waals surface area contributed by atoms with Gasteiger partial charge in [-0.3, -0.25) is 4.79 Å². The molecule has 7 heteroatoms. The number of nitrogens with one attached hydrogen (secondary N) is 1. The lowest BCUT2D eigenvalue weighted by Gasteiger charge is -2.10. The van der Waals surface area contributed by atoms with E-state index in [4.69, 9.17) is 14.9 Å². The summed E-state index contributed by atoms with van der Waals surface area (Å²) >= 11 is 0. The summed E-state index contributed by atoms with van der Waals surface area (Å²) < 4.78 is 5.01. The van der Waals surface area contributed by atoms with E-state index in [9.17, 15) is 14.4 Å². The average Bonchev–Trinajstić information content (AvgIpc) is 2.59. The van der Waals surface area contributed by atoms with Crippen LogP contribution >= 0.6 is 0 Å². The van der Waals surface area contributed by atoms with E-state index in [0.29, 0.717) is 11.3 Å². The average molecular weight is 329 g/mol. The molecule has 2 aromatic rings. The topological polar surface area (TPSA) is 113 Å². The van der Waals surface area contributed by atoms with E-state index in [1.54, 1.807) is 12.1 Å². The molecule has 0 aliphatic carbocycles. The number of carboxylic acid groups (broad SMARTS) is 2. The first-order valence-electron chi connectivity index (χ1n) is 6.94. The molecule has 2 aromatic carbocycles. The van der Waals surface area contributed by atoms with Gasteiger partial charge < -0.3 is 20.3 Å². The predicted molar refractivity (Wildman–Crippen MR) is 84.5 cm³/mol. The number of methoxy groups -OCH3 is 1. The number of hydrogen-bond donors (Lipinski definition) is 3. The molecule has 0 aliphatic heterocycles. The highest BCUT2D eigenvalue weighted by Crippen LogP contribution is 2.18. The summed E-state index contributed by atoms with van der Waals surface area (Å²) in [7, 11) is 1.42. The standard InChI is InChI=1S/C17H15NO6/c1-24-12-6-7-13(17(22)23)14(8-12)15(19)18-9-10-2-4-11(5-3-10)16(20)21/h2-8H,9H2,1H3,(H,18,19)(H,20,21)(H,22,23). The smallest absolute Gasteiger partial charge is 0.336 e. The first-order chi connectivity index (χ1) is 11.4. The van der Waals surface area contributed by atoms with Crippen LogP contribution in [0.3, 0.4) is 0 Å². The van der Waals surface area contributed by atoms with Crippen molar-refractivity contribution in [1.82, 2.24) is 5.32 Å². The normalized spacial score (nSPS) is 10.0. The van der Waals surface area contributed by atoms with Crippen LogP contribution in [-0.4, -0.2) is 35.2 Å². The van der Waals surface area contributed by atoms with Gasteiger partial charge in [0.15, 0.2) is 0 Å². The summed E-state index contributed by atoms with van der Waals surface area (Å²) in [6, 6.07) is 10.1. The van der Waals surface area contributed by atoms with Crippen molar-refractivity contribution < 1.29 is 29.3 Å². The highest BCUT2D eigenvalue weighted by molar-refractivity contribution is 6.05. The molecule has 3 N–H and O–H groups in total. The SMILES string of the molecule is COc1ccc(C(=O)O)c(C(=O)NCc2ccc(C(=O)O)cc2)c1. The summed E-state index contributed by atoms with van der Waals surface area (Å²) in [5.41, 5.74) is 0.692. The van der Waals surface area contributed by atoms with E-state index >= 15 is 0 Å². The molecule has 0 radical (unpaired) electrons. The maximum atomic E-state index is 12.3. The van der Waals surface area contributed by atoms with Gasteiger partial charge in [0.25, 0.3) is 5.91 Å². The number of carbonyl (C=O) groups excluding carboxylic acids is 1. The fourth-order valence-corrected chi connectivity index (χ4v) is 2.07. The Morgan fingerprint density at radius 1 is 0.958 bits per heavy atom. The Morgan fingerprint density at radius 3 is 2.17 bits per heavy atom. The number of amides is 1. The van der Waals surface area contributed by atoms with Gasteiger partial charge in [0.05, 0.1) is 23.8 Å². The van der Waals surface area contributed by atoms with E-state index in [0.717, 1.165) is 0 Å². The quantitative estimate of drug-likeness (QED) is 0.747. The third-order valence-electron chi connectivity index (χ3n) is 3.36. The van der Waals surface area contributed by atoms with Crippen molar-refractivity contribution in [3.63, 3.8) is 0 Å². The largest absolute Gasteiger partial charge is 0.497 e. The molecule has 1 amide bonds. The summed E-state index contributed by atoms with van der Waals surface area (Å²) in [5, 5.41) is 20.6. The number of rotatable bonds is 6. The van der Waals surface area contributed by atoms with Crippen LogP contribution < -0.4 is 10.1 Å². The van der Waals surface area contributed by atoms with Crippen LogP contribution in [0.2, 0.25) is 0 Å². The Hall–Kier alpha value is -3.35. The molecule has 24 heavy (non-hydrogen) atoms. The second kappa shape index (κ2) is 7.28. The third-order valence-corrected chi connectivity index (χ3v) is 3.36. The van der Waals surface area contributed by atoms with Gasteiger partial charge in [-0.2, -0.15) is 0 Å². The van der Waals surface area contributed by atoms with E-state index in [1.165, 1.54) is 37.4 Å². The van der Waals surface area contributed by atoms with Crippen LogP contribution in [0.5, 0.6) is 5.75 Å². The maximum absolute atomic E-state index is 12.3. The van der Waals surface area contributed by atoms with Crippen molar-refractivity contribution >= 4 is 17.8 Å². The highest BCUT2D eigenvalue weighted by atomic mass is 16.5. The lowest BCUT2D eigenvalue weighted by molar-refractivity contribution is 0.0684. The number of aromatic carboxylic acids is 2. The zero-order chi connectivity index (χ0) is 17.7. The van der Waals surface area contributed by atoms with Gasteiger partial charge in [0.1, 0.15) is 5.75 Å². The van der Waals surface area contributed by atoms with Crippen molar-refractivity contribution in [3.05, 3.63) is 64.7 Å². The molecular formula is C17H15NO6. The van der Waals surface area contributed by atoms with E-state index in [-0.39, 0.29) is 23.2 Å². The lowest BCUT2D eigenvalue weighted by atomic mass is 10.1. The molecule has 124 valence electrons. The second-order valence-electron chi connectivity index (χ2n) is 4.90. The first kappa shape index (κ1) is 17.0. The van der Waals surface area contributed by atoms with Crippen LogP contribution in [0, 0.1) is 0 Å². The van der Waals surface area contributed by atoms with Crippen molar-refractivity contribution in [2.45, 2.75) is 6.54 Å². The number of carbonyl (C=O) groups is 3. The molecule has 0 saturated carbocycles. The zero-order valence-electron chi connectivity index (χ0n) is 12.8. The number of benzene rings is 2. The molecule has 7 nitrogen and oxygen atoms in total. The first-order valence-corrected chi connectivity index (χ1v) is 6.94. The Balaban J connectivity index is 2.14. The second-order valence-corrected chi connectivity index (χ2v) is 4.90. The van der Waals surface area contributed by atoms with E-state index < -0.39 is 17.8 Å². The maximum Gasteiger partial charge on any atom is 0.336 e. The summed E-state index contributed by atoms with van der Waals surface area (Å²) in [6.45, 7) is 0.134. The zero-order valence-corrected chi connectivity index (χ0v) is 12.8. The van der Waals surface area contributed by atoms with Gasteiger partial charge in [-0.15, -0.1) is 0 Å². The van der Waals surface area contributed by atoms with Crippen molar-refractivity contribution in [2.24, 2.45) is 0 Å². The Bertz CT molecular complexity index is 782. The minimum absolute atomic E-state index is 0.0102. The van der Waals surface area contributed by atoms with Crippen molar-refractivity contribution in [2.75, 3.05) is 7.11 Å². The van der Waals surface area contributed by atoms with Gasteiger partial charge >= 0.3 is 11.9 Å². The summed E-state index contributed by atoms with van der Waals surface area (Å²) in [4.78, 5) is 34.3. The van der Waals surface area contributed by atoms with E-state index in [1.807, 2.05) is 0 Å². The van der Waals surface area contributed by atoms with Gasteiger partial charge in [0.2, 0.25) is 0 Å². The molecule has 2 rings (SSSR count). The van der Waals surface area contributed by atoms with Gasteiger partial charge in [-0.1, -0.05) is 12.1 Å². The Labute approximate surface area is 137 Å². The predicted octanol–water partition coefficient (Wildman–Crippen LogP) is 2.02. The van der Waals surface area contributed by atoms with Crippen LogP contribution in [0.25, 0.3) is 0 Å².